The average molecular weight is 810 g/mol. The molecule has 10 heteroatoms. The van der Waals surface area contributed by atoms with Crippen LogP contribution in [0.1, 0.15) is 194 Å². The van der Waals surface area contributed by atoms with Crippen molar-refractivity contribution in [2.45, 2.75) is 243 Å². The third-order valence-corrected chi connectivity index (χ3v) is 11.2. The fourth-order valence-electron chi connectivity index (χ4n) is 7.26. The maximum absolute atomic E-state index is 13.1. The van der Waals surface area contributed by atoms with E-state index in [2.05, 4.69) is 44.3 Å². The van der Waals surface area contributed by atoms with Crippen LogP contribution in [0.25, 0.3) is 0 Å². The summed E-state index contributed by atoms with van der Waals surface area (Å²) in [6.45, 7) is 5.62. The second kappa shape index (κ2) is 36.2. The fourth-order valence-corrected chi connectivity index (χ4v) is 7.26. The van der Waals surface area contributed by atoms with Crippen molar-refractivity contribution >= 4 is 5.91 Å². The summed E-state index contributed by atoms with van der Waals surface area (Å²) in [4.78, 5) is 13.1. The topological polar surface area (TPSA) is 169 Å². The van der Waals surface area contributed by atoms with Gasteiger partial charge in [-0.1, -0.05) is 191 Å². The van der Waals surface area contributed by atoms with Crippen LogP contribution in [-0.4, -0.2) is 98.7 Å². The summed E-state index contributed by atoms with van der Waals surface area (Å²) in [5.41, 5.74) is 1.18. The van der Waals surface area contributed by atoms with E-state index < -0.39 is 61.5 Å². The van der Waals surface area contributed by atoms with E-state index in [0.29, 0.717) is 19.3 Å². The Balaban J connectivity index is 2.47. The van der Waals surface area contributed by atoms with Crippen LogP contribution < -0.4 is 5.32 Å². The van der Waals surface area contributed by atoms with Gasteiger partial charge in [-0.25, -0.2) is 0 Å². The first-order chi connectivity index (χ1) is 27.7. The lowest BCUT2D eigenvalue weighted by atomic mass is 9.99. The SMILES string of the molecule is CCCCCCC/C=C/C(C)=C/CC/C=C/[C@@H](O)[C@H](CO[C@@H]1O[C@H](CO)[C@H](O)[C@H](O)[C@H]1O)NC(=O)[C@H](O)CCCCCCCCCCCCCCCCCCCC. The molecule has 1 amide bonds. The number of carbonyl (C=O) groups is 1. The minimum Gasteiger partial charge on any atom is -0.394 e. The summed E-state index contributed by atoms with van der Waals surface area (Å²) >= 11 is 0. The number of carbonyl (C=O) groups excluding carboxylic acids is 1. The van der Waals surface area contributed by atoms with Crippen molar-refractivity contribution in [2.75, 3.05) is 13.2 Å². The van der Waals surface area contributed by atoms with Crippen molar-refractivity contribution in [1.82, 2.24) is 5.32 Å². The number of unbranched alkanes of at least 4 members (excludes halogenated alkanes) is 23. The van der Waals surface area contributed by atoms with Gasteiger partial charge in [-0.15, -0.1) is 0 Å². The summed E-state index contributed by atoms with van der Waals surface area (Å²) in [5, 5.41) is 64.7. The van der Waals surface area contributed by atoms with E-state index in [1.54, 1.807) is 6.08 Å². The van der Waals surface area contributed by atoms with Gasteiger partial charge in [0.25, 0.3) is 0 Å². The van der Waals surface area contributed by atoms with E-state index in [9.17, 15) is 35.4 Å². The van der Waals surface area contributed by atoms with Crippen LogP contribution in [-0.2, 0) is 14.3 Å². The van der Waals surface area contributed by atoms with Gasteiger partial charge in [-0.2, -0.15) is 0 Å². The van der Waals surface area contributed by atoms with Gasteiger partial charge in [0.15, 0.2) is 6.29 Å². The molecule has 1 heterocycles. The maximum atomic E-state index is 13.1. The molecular formula is C47H87NO9. The molecular weight excluding hydrogens is 723 g/mol. The Morgan fingerprint density at radius 2 is 1.18 bits per heavy atom. The van der Waals surface area contributed by atoms with Gasteiger partial charge in [0.2, 0.25) is 5.91 Å². The molecule has 0 aliphatic carbocycles. The largest absolute Gasteiger partial charge is 0.394 e. The number of aliphatic hydroxyl groups is 6. The van der Waals surface area contributed by atoms with Gasteiger partial charge in [0, 0.05) is 0 Å². The monoisotopic (exact) mass is 810 g/mol. The van der Waals surface area contributed by atoms with E-state index in [4.69, 9.17) is 9.47 Å². The highest BCUT2D eigenvalue weighted by atomic mass is 16.7. The number of amides is 1. The summed E-state index contributed by atoms with van der Waals surface area (Å²) in [5.74, 6) is -0.632. The molecule has 10 nitrogen and oxygen atoms in total. The molecule has 57 heavy (non-hydrogen) atoms. The molecule has 0 spiro atoms. The van der Waals surface area contributed by atoms with Crippen LogP contribution in [0.15, 0.2) is 36.0 Å². The molecule has 1 saturated heterocycles. The molecule has 0 aromatic carbocycles. The Bertz CT molecular complexity index is 1030. The third-order valence-electron chi connectivity index (χ3n) is 11.2. The molecule has 0 saturated carbocycles. The third kappa shape index (κ3) is 27.0. The van der Waals surface area contributed by atoms with Gasteiger partial charge >= 0.3 is 0 Å². The quantitative estimate of drug-likeness (QED) is 0.0185. The first-order valence-electron chi connectivity index (χ1n) is 23.2. The molecule has 0 unspecified atom stereocenters. The van der Waals surface area contributed by atoms with E-state index >= 15 is 0 Å². The minimum absolute atomic E-state index is 0.301. The van der Waals surface area contributed by atoms with Crippen molar-refractivity contribution in [1.29, 1.82) is 0 Å². The highest BCUT2D eigenvalue weighted by Crippen LogP contribution is 2.23. The second-order valence-electron chi connectivity index (χ2n) is 16.5. The highest BCUT2D eigenvalue weighted by molar-refractivity contribution is 5.80. The predicted molar refractivity (Wildman–Crippen MR) is 232 cm³/mol. The van der Waals surface area contributed by atoms with Crippen LogP contribution in [0.2, 0.25) is 0 Å². The van der Waals surface area contributed by atoms with Crippen LogP contribution >= 0.6 is 0 Å². The molecule has 334 valence electrons. The van der Waals surface area contributed by atoms with Crippen LogP contribution in [0.5, 0.6) is 0 Å². The fraction of sp³-hybridized carbons (Fsp3) is 0.851. The van der Waals surface area contributed by atoms with Gasteiger partial charge in [-0.3, -0.25) is 4.79 Å². The molecule has 0 bridgehead atoms. The van der Waals surface area contributed by atoms with Gasteiger partial charge in [0.05, 0.1) is 25.4 Å². The average Bonchev–Trinajstić information content (AvgIpc) is 3.20. The Hall–Kier alpha value is -1.63. The Morgan fingerprint density at radius 3 is 1.70 bits per heavy atom. The second-order valence-corrected chi connectivity index (χ2v) is 16.5. The Labute approximate surface area is 347 Å². The zero-order chi connectivity index (χ0) is 41.9. The van der Waals surface area contributed by atoms with Gasteiger partial charge in [-0.05, 0) is 39.0 Å². The van der Waals surface area contributed by atoms with E-state index in [1.165, 1.54) is 128 Å². The zero-order valence-corrected chi connectivity index (χ0v) is 36.4. The lowest BCUT2D eigenvalue weighted by Gasteiger charge is -2.40. The van der Waals surface area contributed by atoms with Crippen molar-refractivity contribution in [3.8, 4) is 0 Å². The van der Waals surface area contributed by atoms with Crippen molar-refractivity contribution in [2.24, 2.45) is 0 Å². The Morgan fingerprint density at radius 1 is 0.667 bits per heavy atom. The van der Waals surface area contributed by atoms with Crippen molar-refractivity contribution < 1.29 is 44.9 Å². The summed E-state index contributed by atoms with van der Waals surface area (Å²) in [6.07, 6.45) is 32.0. The lowest BCUT2D eigenvalue weighted by molar-refractivity contribution is -0.302. The number of nitrogens with one attached hydrogen (secondary N) is 1. The lowest BCUT2D eigenvalue weighted by Crippen LogP contribution is -2.60. The summed E-state index contributed by atoms with van der Waals surface area (Å²) in [6, 6.07) is -1.01. The first kappa shape index (κ1) is 53.4. The molecule has 1 aliphatic heterocycles. The molecule has 0 radical (unpaired) electrons. The number of aliphatic hydroxyl groups excluding tert-OH is 6. The standard InChI is InChI=1S/C47H87NO9/c1-4-6-8-10-12-13-14-15-16-17-18-19-20-21-22-24-26-30-35-41(51)46(55)48-39(37-56-47-45(54)44(53)43(52)42(36-49)57-47)40(50)34-31-27-29-33-38(3)32-28-25-23-11-9-7-5-2/h28,31-34,39-45,47,49-54H,4-27,29-30,35-37H2,1-3H3,(H,48,55)/b32-28+,34-31+,38-33+/t39-,40+,41+,42+,43-,44-,45+,47+/m0/s1. The Kier molecular flexibility index (Phi) is 33.9. The normalized spacial score (nSPS) is 22.1. The summed E-state index contributed by atoms with van der Waals surface area (Å²) < 4.78 is 11.1. The molecule has 1 fully saturated rings. The smallest absolute Gasteiger partial charge is 0.249 e. The van der Waals surface area contributed by atoms with Crippen LogP contribution in [0.3, 0.4) is 0 Å². The zero-order valence-electron chi connectivity index (χ0n) is 36.4. The van der Waals surface area contributed by atoms with E-state index in [1.807, 2.05) is 6.08 Å². The minimum atomic E-state index is -1.62. The highest BCUT2D eigenvalue weighted by Gasteiger charge is 2.44. The molecule has 8 atom stereocenters. The molecule has 7 N–H and O–H groups in total. The number of allylic oxidation sites excluding steroid dienone is 5. The van der Waals surface area contributed by atoms with E-state index in [-0.39, 0.29) is 6.61 Å². The number of ether oxygens (including phenoxy) is 2. The van der Waals surface area contributed by atoms with Gasteiger partial charge < -0.3 is 45.4 Å². The molecule has 1 aliphatic rings. The van der Waals surface area contributed by atoms with Gasteiger partial charge in [0.1, 0.15) is 30.5 Å². The summed E-state index contributed by atoms with van der Waals surface area (Å²) in [7, 11) is 0. The number of hydrogen-bond acceptors (Lipinski definition) is 9. The number of hydrogen-bond donors (Lipinski definition) is 7. The van der Waals surface area contributed by atoms with Crippen LogP contribution in [0.4, 0.5) is 0 Å². The van der Waals surface area contributed by atoms with Crippen LogP contribution in [0, 0.1) is 0 Å². The predicted octanol–water partition coefficient (Wildman–Crippen LogP) is 8.64. The molecule has 0 aromatic rings. The molecule has 1 rings (SSSR count). The van der Waals surface area contributed by atoms with Crippen molar-refractivity contribution in [3.63, 3.8) is 0 Å². The molecule has 0 aromatic heterocycles. The maximum Gasteiger partial charge on any atom is 0.249 e. The number of rotatable bonds is 37. The first-order valence-corrected chi connectivity index (χ1v) is 23.2. The van der Waals surface area contributed by atoms with E-state index in [0.717, 1.165) is 32.1 Å². The van der Waals surface area contributed by atoms with Crippen molar-refractivity contribution in [3.05, 3.63) is 36.0 Å².